The van der Waals surface area contributed by atoms with Crippen LogP contribution < -0.4 is 5.32 Å². The molecule has 0 aliphatic heterocycles. The van der Waals surface area contributed by atoms with Crippen LogP contribution in [-0.2, 0) is 13.6 Å². The highest BCUT2D eigenvalue weighted by Gasteiger charge is 2.14. The van der Waals surface area contributed by atoms with Crippen molar-refractivity contribution in [1.29, 1.82) is 0 Å². The predicted molar refractivity (Wildman–Crippen MR) is 66.3 cm³/mol. The molecule has 1 N–H and O–H groups in total. The molecule has 0 saturated heterocycles. The molecule has 0 radical (unpaired) electrons. The summed E-state index contributed by atoms with van der Waals surface area (Å²) in [6, 6.07) is 0. The van der Waals surface area contributed by atoms with Crippen molar-refractivity contribution in [1.82, 2.24) is 15.1 Å². The van der Waals surface area contributed by atoms with Gasteiger partial charge < -0.3 is 5.32 Å². The summed E-state index contributed by atoms with van der Waals surface area (Å²) in [6.07, 6.45) is 1.19. The Bertz CT molecular complexity index is 320. The molecule has 1 aromatic heterocycles. The molecular formula is C11H21N3S. The summed E-state index contributed by atoms with van der Waals surface area (Å²) < 4.78 is 2.00. The lowest BCUT2D eigenvalue weighted by atomic mass is 10.3. The van der Waals surface area contributed by atoms with Crippen molar-refractivity contribution < 1.29 is 0 Å². The lowest BCUT2D eigenvalue weighted by Crippen LogP contribution is -2.08. The molecule has 4 heteroatoms. The van der Waals surface area contributed by atoms with Crippen LogP contribution in [0.15, 0.2) is 5.03 Å². The predicted octanol–water partition coefficient (Wildman–Crippen LogP) is 2.34. The van der Waals surface area contributed by atoms with Gasteiger partial charge in [0.1, 0.15) is 0 Å². The van der Waals surface area contributed by atoms with Crippen molar-refractivity contribution in [2.24, 2.45) is 7.05 Å². The van der Waals surface area contributed by atoms with Gasteiger partial charge in [-0.05, 0) is 20.4 Å². The summed E-state index contributed by atoms with van der Waals surface area (Å²) in [5, 5.41) is 9.63. The molecule has 0 fully saturated rings. The molecule has 0 aliphatic rings. The number of rotatable bonds is 5. The molecule has 0 aliphatic carbocycles. The van der Waals surface area contributed by atoms with E-state index in [-0.39, 0.29) is 0 Å². The summed E-state index contributed by atoms with van der Waals surface area (Å²) in [5.74, 6) is 0. The third kappa shape index (κ3) is 2.98. The van der Waals surface area contributed by atoms with Crippen LogP contribution in [0.1, 0.15) is 31.5 Å². The van der Waals surface area contributed by atoms with Crippen LogP contribution in [0.3, 0.4) is 0 Å². The van der Waals surface area contributed by atoms with E-state index < -0.39 is 0 Å². The molecule has 0 spiro atoms. The molecule has 1 atom stereocenters. The number of aryl methyl sites for hydroxylation is 2. The van der Waals surface area contributed by atoms with Crippen LogP contribution in [-0.4, -0.2) is 22.1 Å². The van der Waals surface area contributed by atoms with Crippen molar-refractivity contribution in [3.8, 4) is 0 Å². The van der Waals surface area contributed by atoms with E-state index in [9.17, 15) is 0 Å². The van der Waals surface area contributed by atoms with Crippen molar-refractivity contribution >= 4 is 11.8 Å². The van der Waals surface area contributed by atoms with Gasteiger partial charge in [0, 0.05) is 24.4 Å². The molecule has 1 aromatic rings. The van der Waals surface area contributed by atoms with Crippen LogP contribution in [0.2, 0.25) is 0 Å². The van der Waals surface area contributed by atoms with E-state index in [1.807, 2.05) is 30.5 Å². The van der Waals surface area contributed by atoms with E-state index in [1.165, 1.54) is 17.0 Å². The molecule has 0 saturated carbocycles. The summed E-state index contributed by atoms with van der Waals surface area (Å²) in [4.78, 5) is 0. The zero-order chi connectivity index (χ0) is 11.4. The van der Waals surface area contributed by atoms with Gasteiger partial charge in [-0.25, -0.2) is 0 Å². The summed E-state index contributed by atoms with van der Waals surface area (Å²) in [5.41, 5.74) is 2.47. The maximum Gasteiger partial charge on any atom is 0.0987 e. The first-order valence-electron chi connectivity index (χ1n) is 5.43. The number of nitrogens with zero attached hydrogens (tertiary/aromatic N) is 2. The highest BCUT2D eigenvalue weighted by molar-refractivity contribution is 7.99. The van der Waals surface area contributed by atoms with Gasteiger partial charge in [-0.1, -0.05) is 13.8 Å². The second-order valence-electron chi connectivity index (χ2n) is 3.86. The first-order chi connectivity index (χ1) is 7.10. The zero-order valence-electron chi connectivity index (χ0n) is 10.3. The number of nitrogens with one attached hydrogen (secondary N) is 1. The fourth-order valence-corrected chi connectivity index (χ4v) is 2.59. The van der Waals surface area contributed by atoms with Gasteiger partial charge in [0.2, 0.25) is 0 Å². The number of hydrogen-bond donors (Lipinski definition) is 1. The average molecular weight is 227 g/mol. The Morgan fingerprint density at radius 2 is 2.20 bits per heavy atom. The van der Waals surface area contributed by atoms with Crippen LogP contribution in [0, 0.1) is 6.92 Å². The van der Waals surface area contributed by atoms with E-state index >= 15 is 0 Å². The van der Waals surface area contributed by atoms with E-state index in [0.29, 0.717) is 5.25 Å². The lowest BCUT2D eigenvalue weighted by molar-refractivity contribution is 0.681. The smallest absolute Gasteiger partial charge is 0.0987 e. The molecular weight excluding hydrogens is 206 g/mol. The fraction of sp³-hybridized carbons (Fsp3) is 0.727. The summed E-state index contributed by atoms with van der Waals surface area (Å²) >= 11 is 1.92. The van der Waals surface area contributed by atoms with Gasteiger partial charge in [-0.3, -0.25) is 4.68 Å². The minimum absolute atomic E-state index is 0.649. The Labute approximate surface area is 96.6 Å². The van der Waals surface area contributed by atoms with Crippen molar-refractivity contribution in [2.45, 2.75) is 44.0 Å². The normalized spacial score (nSPS) is 13.1. The van der Waals surface area contributed by atoms with E-state index in [0.717, 1.165) is 12.2 Å². The Hall–Kier alpha value is -0.480. The molecule has 0 bridgehead atoms. The largest absolute Gasteiger partial charge is 0.316 e. The van der Waals surface area contributed by atoms with Crippen molar-refractivity contribution in [3.63, 3.8) is 0 Å². The summed E-state index contributed by atoms with van der Waals surface area (Å²) in [6.45, 7) is 7.46. The first kappa shape index (κ1) is 12.6. The van der Waals surface area contributed by atoms with Crippen LogP contribution in [0.25, 0.3) is 0 Å². The van der Waals surface area contributed by atoms with Crippen molar-refractivity contribution in [3.05, 3.63) is 11.3 Å². The quantitative estimate of drug-likeness (QED) is 0.783. The number of hydrogen-bond acceptors (Lipinski definition) is 3. The number of thioether (sulfide) groups is 1. The third-order valence-corrected chi connectivity index (χ3v) is 4.00. The highest BCUT2D eigenvalue weighted by atomic mass is 32.2. The topological polar surface area (TPSA) is 29.9 Å². The lowest BCUT2D eigenvalue weighted by Gasteiger charge is -2.10. The molecule has 0 aromatic carbocycles. The van der Waals surface area contributed by atoms with Crippen molar-refractivity contribution in [2.75, 3.05) is 7.05 Å². The minimum atomic E-state index is 0.649. The van der Waals surface area contributed by atoms with E-state index in [4.69, 9.17) is 0 Å². The van der Waals surface area contributed by atoms with Gasteiger partial charge in [-0.2, -0.15) is 5.10 Å². The SMILES string of the molecule is CCC(C)Sc1c(CNC)c(C)nn1C. The van der Waals surface area contributed by atoms with E-state index in [1.54, 1.807) is 0 Å². The van der Waals surface area contributed by atoms with Gasteiger partial charge in [-0.15, -0.1) is 11.8 Å². The van der Waals surface area contributed by atoms with Gasteiger partial charge in [0.25, 0.3) is 0 Å². The first-order valence-corrected chi connectivity index (χ1v) is 6.31. The Kier molecular flexibility index (Phi) is 4.67. The van der Waals surface area contributed by atoms with Gasteiger partial charge in [0.05, 0.1) is 10.7 Å². The van der Waals surface area contributed by atoms with Crippen LogP contribution in [0.5, 0.6) is 0 Å². The van der Waals surface area contributed by atoms with Crippen LogP contribution in [0.4, 0.5) is 0 Å². The average Bonchev–Trinajstić information content (AvgIpc) is 2.45. The highest BCUT2D eigenvalue weighted by Crippen LogP contribution is 2.29. The molecule has 86 valence electrons. The maximum atomic E-state index is 4.47. The Morgan fingerprint density at radius 3 is 2.73 bits per heavy atom. The van der Waals surface area contributed by atoms with Gasteiger partial charge in [0.15, 0.2) is 0 Å². The molecule has 3 nitrogen and oxygen atoms in total. The summed E-state index contributed by atoms with van der Waals surface area (Å²) in [7, 11) is 4.00. The third-order valence-electron chi connectivity index (χ3n) is 2.53. The molecule has 15 heavy (non-hydrogen) atoms. The van der Waals surface area contributed by atoms with E-state index in [2.05, 4.69) is 31.2 Å². The molecule has 1 rings (SSSR count). The maximum absolute atomic E-state index is 4.47. The Morgan fingerprint density at radius 1 is 1.53 bits per heavy atom. The minimum Gasteiger partial charge on any atom is -0.316 e. The zero-order valence-corrected chi connectivity index (χ0v) is 11.1. The second-order valence-corrected chi connectivity index (χ2v) is 5.29. The molecule has 1 heterocycles. The molecule has 0 amide bonds. The number of aromatic nitrogens is 2. The fourth-order valence-electron chi connectivity index (χ4n) is 1.48. The van der Waals surface area contributed by atoms with Gasteiger partial charge >= 0.3 is 0 Å². The van der Waals surface area contributed by atoms with Crippen LogP contribution >= 0.6 is 11.8 Å². The second kappa shape index (κ2) is 5.56. The molecule has 1 unspecified atom stereocenters. The monoisotopic (exact) mass is 227 g/mol. The Balaban J connectivity index is 2.93. The standard InChI is InChI=1S/C11H21N3S/c1-6-8(2)15-11-10(7-12-4)9(3)13-14(11)5/h8,12H,6-7H2,1-5H3.